The Labute approximate surface area is 115 Å². The van der Waals surface area contributed by atoms with Crippen molar-refractivity contribution in [2.24, 2.45) is 0 Å². The average Bonchev–Trinajstić information content (AvgIpc) is 2.40. The summed E-state index contributed by atoms with van der Waals surface area (Å²) >= 11 is 5.43. The molecular formula is C15H21NOS. The highest BCUT2D eigenvalue weighted by atomic mass is 32.1. The predicted molar refractivity (Wildman–Crippen MR) is 78.6 cm³/mol. The first-order valence-electron chi connectivity index (χ1n) is 6.63. The fourth-order valence-corrected chi connectivity index (χ4v) is 2.65. The zero-order valence-corrected chi connectivity index (χ0v) is 12.0. The third kappa shape index (κ3) is 3.22. The molecule has 0 atom stereocenters. The van der Waals surface area contributed by atoms with E-state index in [0.29, 0.717) is 5.17 Å². The van der Waals surface area contributed by atoms with Crippen LogP contribution in [0.25, 0.3) is 0 Å². The Morgan fingerprint density at radius 3 is 2.33 bits per heavy atom. The van der Waals surface area contributed by atoms with Crippen LogP contribution in [0.4, 0.5) is 0 Å². The van der Waals surface area contributed by atoms with Gasteiger partial charge in [0.1, 0.15) is 5.60 Å². The van der Waals surface area contributed by atoms with Gasteiger partial charge in [0.2, 0.25) is 0 Å². The van der Waals surface area contributed by atoms with Gasteiger partial charge in [-0.2, -0.15) is 0 Å². The zero-order chi connectivity index (χ0) is 13.0. The van der Waals surface area contributed by atoms with Crippen LogP contribution in [0.5, 0.6) is 0 Å². The summed E-state index contributed by atoms with van der Waals surface area (Å²) in [6.07, 6.45) is 3.74. The number of rotatable bonds is 2. The van der Waals surface area contributed by atoms with Crippen molar-refractivity contribution in [2.45, 2.75) is 38.7 Å². The molecule has 0 spiro atoms. The van der Waals surface area contributed by atoms with Crippen LogP contribution in [0.2, 0.25) is 0 Å². The lowest BCUT2D eigenvalue weighted by Crippen LogP contribution is -2.39. The van der Waals surface area contributed by atoms with Crippen LogP contribution in [-0.4, -0.2) is 23.2 Å². The van der Waals surface area contributed by atoms with E-state index in [9.17, 15) is 0 Å². The minimum atomic E-state index is -0.365. The Bertz CT molecular complexity index is 396. The van der Waals surface area contributed by atoms with Gasteiger partial charge in [-0.25, -0.2) is 0 Å². The first kappa shape index (κ1) is 13.3. The van der Waals surface area contributed by atoms with Gasteiger partial charge in [0.05, 0.1) is 0 Å². The summed E-state index contributed by atoms with van der Waals surface area (Å²) in [6.45, 7) is 6.20. The van der Waals surface area contributed by atoms with Crippen molar-refractivity contribution in [3.8, 4) is 0 Å². The Morgan fingerprint density at radius 1 is 1.11 bits per heavy atom. The lowest BCUT2D eigenvalue weighted by atomic mass is 9.98. The van der Waals surface area contributed by atoms with Crippen LogP contribution >= 0.6 is 12.2 Å². The highest BCUT2D eigenvalue weighted by Crippen LogP contribution is 2.26. The van der Waals surface area contributed by atoms with E-state index in [1.165, 1.54) is 19.3 Å². The molecule has 0 bridgehead atoms. The standard InChI is InChI=1S/C15H21NOS/c1-15(2,13-9-5-3-6-10-13)17-14(18)16-11-7-4-8-12-16/h3,5-6,9-10H,4,7-8,11-12H2,1-2H3. The first-order valence-corrected chi connectivity index (χ1v) is 7.04. The van der Waals surface area contributed by atoms with Crippen LogP contribution in [0.1, 0.15) is 38.7 Å². The van der Waals surface area contributed by atoms with E-state index in [0.717, 1.165) is 18.7 Å². The van der Waals surface area contributed by atoms with Gasteiger partial charge in [0.25, 0.3) is 5.17 Å². The Kier molecular flexibility index (Phi) is 4.23. The molecule has 0 aliphatic carbocycles. The second kappa shape index (κ2) is 5.70. The summed E-state index contributed by atoms with van der Waals surface area (Å²) in [5, 5.41) is 0.642. The Hall–Kier alpha value is -1.09. The maximum Gasteiger partial charge on any atom is 0.260 e. The summed E-state index contributed by atoms with van der Waals surface area (Å²) in [4.78, 5) is 2.18. The number of hydrogen-bond acceptors (Lipinski definition) is 2. The second-order valence-corrected chi connectivity index (χ2v) is 5.64. The number of piperidine rings is 1. The van der Waals surface area contributed by atoms with Crippen molar-refractivity contribution in [1.29, 1.82) is 0 Å². The monoisotopic (exact) mass is 263 g/mol. The van der Waals surface area contributed by atoms with Crippen LogP contribution in [0.15, 0.2) is 30.3 Å². The van der Waals surface area contributed by atoms with E-state index in [4.69, 9.17) is 17.0 Å². The second-order valence-electron chi connectivity index (χ2n) is 5.29. The van der Waals surface area contributed by atoms with Gasteiger partial charge >= 0.3 is 0 Å². The van der Waals surface area contributed by atoms with Gasteiger partial charge in [0.15, 0.2) is 0 Å². The van der Waals surface area contributed by atoms with Gasteiger partial charge in [-0.1, -0.05) is 30.3 Å². The van der Waals surface area contributed by atoms with Gasteiger partial charge in [-0.3, -0.25) is 0 Å². The van der Waals surface area contributed by atoms with Crippen molar-refractivity contribution in [3.63, 3.8) is 0 Å². The molecule has 1 heterocycles. The summed E-state index contributed by atoms with van der Waals surface area (Å²) < 4.78 is 6.02. The SMILES string of the molecule is CC(C)(OC(=S)N1CCCCC1)c1ccccc1. The molecule has 1 fully saturated rings. The largest absolute Gasteiger partial charge is 0.460 e. The van der Waals surface area contributed by atoms with Gasteiger partial charge in [-0.05, 0) is 50.9 Å². The fourth-order valence-electron chi connectivity index (χ4n) is 2.26. The average molecular weight is 263 g/mol. The number of benzene rings is 1. The molecular weight excluding hydrogens is 242 g/mol. The van der Waals surface area contributed by atoms with Crippen molar-refractivity contribution >= 4 is 17.4 Å². The zero-order valence-electron chi connectivity index (χ0n) is 11.2. The molecule has 0 saturated carbocycles. The lowest BCUT2D eigenvalue weighted by Gasteiger charge is -2.34. The summed E-state index contributed by atoms with van der Waals surface area (Å²) in [5.74, 6) is 0. The molecule has 2 rings (SSSR count). The maximum atomic E-state index is 6.02. The van der Waals surface area contributed by atoms with E-state index in [2.05, 4.69) is 30.9 Å². The Balaban J connectivity index is 2.01. The van der Waals surface area contributed by atoms with Crippen molar-refractivity contribution in [2.75, 3.05) is 13.1 Å². The van der Waals surface area contributed by atoms with Crippen molar-refractivity contribution in [1.82, 2.24) is 4.90 Å². The van der Waals surface area contributed by atoms with Crippen LogP contribution in [-0.2, 0) is 10.3 Å². The van der Waals surface area contributed by atoms with Crippen molar-refractivity contribution in [3.05, 3.63) is 35.9 Å². The predicted octanol–water partition coefficient (Wildman–Crippen LogP) is 3.71. The van der Waals surface area contributed by atoms with Crippen LogP contribution in [0, 0.1) is 0 Å². The van der Waals surface area contributed by atoms with E-state index >= 15 is 0 Å². The third-order valence-electron chi connectivity index (χ3n) is 3.43. The summed E-state index contributed by atoms with van der Waals surface area (Å²) in [7, 11) is 0. The van der Waals surface area contributed by atoms with Crippen LogP contribution in [0.3, 0.4) is 0 Å². The van der Waals surface area contributed by atoms with Crippen molar-refractivity contribution < 1.29 is 4.74 Å². The van der Waals surface area contributed by atoms with Gasteiger partial charge in [-0.15, -0.1) is 0 Å². The summed E-state index contributed by atoms with van der Waals surface area (Å²) in [5.41, 5.74) is 0.792. The van der Waals surface area contributed by atoms with E-state index in [1.54, 1.807) is 0 Å². The van der Waals surface area contributed by atoms with E-state index < -0.39 is 0 Å². The number of thiocarbonyl (C=S) groups is 1. The summed E-state index contributed by atoms with van der Waals surface area (Å²) in [6, 6.07) is 10.2. The molecule has 1 aliphatic rings. The fraction of sp³-hybridized carbons (Fsp3) is 0.533. The molecule has 0 N–H and O–H groups in total. The molecule has 0 radical (unpaired) electrons. The Morgan fingerprint density at radius 2 is 1.72 bits per heavy atom. The number of ether oxygens (including phenoxy) is 1. The molecule has 1 aromatic carbocycles. The van der Waals surface area contributed by atoms with E-state index in [-0.39, 0.29) is 5.60 Å². The first-order chi connectivity index (χ1) is 8.59. The minimum absolute atomic E-state index is 0.365. The van der Waals surface area contributed by atoms with E-state index in [1.807, 2.05) is 18.2 Å². The number of likely N-dealkylation sites (tertiary alicyclic amines) is 1. The van der Waals surface area contributed by atoms with Crippen LogP contribution < -0.4 is 0 Å². The molecule has 18 heavy (non-hydrogen) atoms. The topological polar surface area (TPSA) is 12.5 Å². The van der Waals surface area contributed by atoms with Gasteiger partial charge < -0.3 is 9.64 Å². The number of nitrogens with zero attached hydrogens (tertiary/aromatic N) is 1. The highest BCUT2D eigenvalue weighted by molar-refractivity contribution is 7.80. The molecule has 0 aromatic heterocycles. The van der Waals surface area contributed by atoms with Gasteiger partial charge in [0, 0.05) is 13.1 Å². The molecule has 1 aliphatic heterocycles. The molecule has 98 valence electrons. The quantitative estimate of drug-likeness (QED) is 0.755. The maximum absolute atomic E-state index is 6.02. The molecule has 2 nitrogen and oxygen atoms in total. The lowest BCUT2D eigenvalue weighted by molar-refractivity contribution is 0.0705. The minimum Gasteiger partial charge on any atom is -0.460 e. The smallest absolute Gasteiger partial charge is 0.260 e. The molecule has 0 unspecified atom stereocenters. The molecule has 0 amide bonds. The molecule has 3 heteroatoms. The molecule has 1 saturated heterocycles. The third-order valence-corrected chi connectivity index (χ3v) is 3.77. The molecule has 1 aromatic rings. The highest BCUT2D eigenvalue weighted by Gasteiger charge is 2.26. The normalized spacial score (nSPS) is 16.4. The number of hydrogen-bond donors (Lipinski definition) is 0.